The van der Waals surface area contributed by atoms with E-state index in [1.807, 2.05) is 12.1 Å². The first-order valence-corrected chi connectivity index (χ1v) is 35.5. The smallest absolute Gasteiger partial charge is 1.00 e. The predicted octanol–water partition coefficient (Wildman–Crippen LogP) is 4.04. The average Bonchev–Trinajstić information content (AvgIpc) is 0.803. The maximum absolute atomic E-state index is 13.9. The topological polar surface area (TPSA) is 304 Å². The zero-order chi connectivity index (χ0) is 66.0. The van der Waals surface area contributed by atoms with Gasteiger partial charge in [-0.15, -0.1) is 0 Å². The van der Waals surface area contributed by atoms with Gasteiger partial charge in [-0.2, -0.15) is 14.4 Å². The molecule has 4 fully saturated rings. The first-order valence-electron chi connectivity index (χ1n) is 29.5. The first kappa shape index (κ1) is 79.6. The molecule has 4 N–H and O–H groups in total. The quantitative estimate of drug-likeness (QED) is 0.0236. The van der Waals surface area contributed by atoms with E-state index in [9.17, 15) is 33.7 Å². The van der Waals surface area contributed by atoms with Crippen LogP contribution in [0.1, 0.15) is 46.4 Å². The number of nitrogens with zero attached hydrogens (tertiary/aromatic N) is 11. The fourth-order valence-corrected chi connectivity index (χ4v) is 13.7. The molecule has 0 spiro atoms. The van der Waals surface area contributed by atoms with Gasteiger partial charge in [0.1, 0.15) is 41.5 Å². The zero-order valence-corrected chi connectivity index (χ0v) is 63.8. The third kappa shape index (κ3) is 23.3. The summed E-state index contributed by atoms with van der Waals surface area (Å²) in [5, 5.41) is 45.5. The van der Waals surface area contributed by atoms with Crippen molar-refractivity contribution in [1.29, 1.82) is 0 Å². The number of carbonyl (C=O) groups excluding carboxylic acids is 1. The van der Waals surface area contributed by atoms with Gasteiger partial charge in [-0.05, 0) is 90.7 Å². The number of piperazine rings is 2. The second kappa shape index (κ2) is 38.2. The summed E-state index contributed by atoms with van der Waals surface area (Å²) in [6.07, 6.45) is 12.0. The summed E-state index contributed by atoms with van der Waals surface area (Å²) in [4.78, 5) is 62.6. The molecule has 1 aliphatic carbocycles. The van der Waals surface area contributed by atoms with Crippen LogP contribution in [0.4, 0.5) is 67.7 Å². The molecular formula is C60H80Cl2FK2N15O11P2. The number of piperidine rings is 1. The van der Waals surface area contributed by atoms with Gasteiger partial charge in [-0.25, -0.2) is 9.97 Å². The number of hydrogen-bond donors (Lipinski definition) is 4. The van der Waals surface area contributed by atoms with Crippen LogP contribution in [-0.4, -0.2) is 188 Å². The van der Waals surface area contributed by atoms with Gasteiger partial charge >= 0.3 is 108 Å². The minimum absolute atomic E-state index is 0. The van der Waals surface area contributed by atoms with Crippen molar-refractivity contribution in [2.24, 2.45) is 0 Å². The number of methoxy groups -OCH3 is 2. The fourth-order valence-electron chi connectivity index (χ4n) is 11.1. The Labute approximate surface area is 638 Å². The molecule has 4 aromatic carbocycles. The van der Waals surface area contributed by atoms with Gasteiger partial charge in [0.25, 0.3) is 12.2 Å². The molecule has 3 saturated heterocycles. The molecule has 494 valence electrons. The average molecular weight is 1420 g/mol. The summed E-state index contributed by atoms with van der Waals surface area (Å²) < 4.78 is 50.0. The first-order chi connectivity index (χ1) is 43.4. The van der Waals surface area contributed by atoms with Crippen LogP contribution in [0.3, 0.4) is 0 Å². The van der Waals surface area contributed by atoms with Crippen molar-refractivity contribution in [1.82, 2.24) is 39.5 Å². The Morgan fingerprint density at radius 3 is 1.40 bits per heavy atom. The van der Waals surface area contributed by atoms with E-state index in [0.717, 1.165) is 70.3 Å². The molecule has 33 heteroatoms. The van der Waals surface area contributed by atoms with Crippen molar-refractivity contribution < 1.29 is 152 Å². The summed E-state index contributed by atoms with van der Waals surface area (Å²) in [6.45, 7) is 17.4. The third-order valence-corrected chi connectivity index (χ3v) is 19.6. The van der Waals surface area contributed by atoms with E-state index < -0.39 is 30.7 Å². The van der Waals surface area contributed by atoms with Gasteiger partial charge in [-0.3, -0.25) is 34.8 Å². The number of nitro groups is 2. The fraction of sp³-hybridized carbons (Fsp3) is 0.450. The molecule has 0 atom stereocenters. The van der Waals surface area contributed by atoms with Crippen LogP contribution in [0.5, 0.6) is 11.5 Å². The Bertz CT molecular complexity index is 3570. The molecule has 0 radical (unpaired) electrons. The molecular weight excluding hydrogens is 1340 g/mol. The zero-order valence-electron chi connectivity index (χ0n) is 55.3. The van der Waals surface area contributed by atoms with E-state index in [0.29, 0.717) is 51.0 Å². The molecule has 2 aromatic heterocycles. The summed E-state index contributed by atoms with van der Waals surface area (Å²) in [5.74, 6) is 0.127. The van der Waals surface area contributed by atoms with Crippen LogP contribution >= 0.6 is 37.5 Å². The van der Waals surface area contributed by atoms with Gasteiger partial charge in [0.2, 0.25) is 17.7 Å². The summed E-state index contributed by atoms with van der Waals surface area (Å²) in [5.41, 5.74) is 1.41. The normalized spacial score (nSPS) is 15.9. The molecule has 5 heterocycles. The number of hydrogen-bond acceptors (Lipinski definition) is 24. The number of nitro benzene ring substituents is 2. The van der Waals surface area contributed by atoms with Crippen molar-refractivity contribution in [2.75, 3.05) is 147 Å². The molecule has 3 aliphatic heterocycles. The standard InChI is InChI=1S/C29H38ClN8O4P.C19H18ClFN5O4P.C11H22N2.CH2O3.2K.H/c1-35-13-15-36(16-14-35)20-9-11-37(12-10-20)24-18-26(42-2)23(17-25(24)38(39)40)33-29-31-19-21(30)28(34-29)32-22-7-5-6-8-27(22)43(3,4)41;1-30-16-8-12(21)15(26(27)28)9-14(16)24-19-22-10-11(20)18(25-19)23-13-6-4-5-7-17(13)31(2,3)29;1-12-7-9-13(10-8-12)11-5-3-2-4-6-11;2-1-4-3;;;/h5-8,17-20H,9-16H2,1-4H3,(H2,31,32,33,34);4-10H,1-3H3,(H2,22,23,24,25);11H,2-10H2,1H3;1,3H;;;/q;;;;2*+1;-1/p-1. The molecule has 1 saturated carbocycles. The van der Waals surface area contributed by atoms with Crippen LogP contribution in [0.2, 0.25) is 10.0 Å². The van der Waals surface area contributed by atoms with Crippen molar-refractivity contribution >= 4 is 118 Å². The van der Waals surface area contributed by atoms with Crippen LogP contribution in [-0.2, 0) is 18.8 Å². The molecule has 0 bridgehead atoms. The summed E-state index contributed by atoms with van der Waals surface area (Å²) >= 11 is 12.6. The van der Waals surface area contributed by atoms with Gasteiger partial charge in [0.05, 0.1) is 59.2 Å². The Hall–Kier alpha value is -4.05. The number of anilines is 9. The van der Waals surface area contributed by atoms with E-state index in [2.05, 4.69) is 84.7 Å². The molecule has 10 rings (SSSR count). The number of carbonyl (C=O) groups is 1. The third-order valence-electron chi connectivity index (χ3n) is 15.9. The maximum atomic E-state index is 13.9. The number of ether oxygens (including phenoxy) is 2. The van der Waals surface area contributed by atoms with Crippen molar-refractivity contribution in [3.05, 3.63) is 121 Å². The Morgan fingerprint density at radius 1 is 0.602 bits per heavy atom. The number of rotatable bonds is 18. The monoisotopic (exact) mass is 1420 g/mol. The number of likely N-dealkylation sites (N-methyl/N-ethyl adjacent to an activating group) is 2. The van der Waals surface area contributed by atoms with E-state index in [4.69, 9.17) is 42.7 Å². The minimum Gasteiger partial charge on any atom is -1.00 e. The Kier molecular flexibility index (Phi) is 32.7. The van der Waals surface area contributed by atoms with Crippen molar-refractivity contribution in [2.45, 2.75) is 57.0 Å². The SMILES string of the molecule is CN1CCN(C2CCCCC2)CC1.COc1cc(F)c([N+](=O)[O-])cc1Nc1ncc(Cl)c(Nc2ccccc2P(C)(C)=O)n1.COc1cc(N2CCC(N3CCN(C)CC3)CC2)c([N+](=O)[O-])cc1Nc1ncc(Cl)c(Nc2ccccc2P(C)(C)=O)n1.O=CO[O-].[H-].[K+].[K+]. The molecule has 93 heavy (non-hydrogen) atoms. The maximum Gasteiger partial charge on any atom is 1.00 e. The van der Waals surface area contributed by atoms with Crippen LogP contribution in [0.25, 0.3) is 0 Å². The second-order valence-electron chi connectivity index (χ2n) is 23.0. The van der Waals surface area contributed by atoms with E-state index in [-0.39, 0.29) is 160 Å². The van der Waals surface area contributed by atoms with Crippen molar-refractivity contribution in [3.63, 3.8) is 0 Å². The number of halogens is 3. The van der Waals surface area contributed by atoms with E-state index >= 15 is 0 Å². The number of para-hydroxylation sites is 2. The number of nitrogens with one attached hydrogen (secondary N) is 4. The van der Waals surface area contributed by atoms with Gasteiger partial charge in [0, 0.05) is 112 Å². The van der Waals surface area contributed by atoms with Crippen LogP contribution in [0.15, 0.2) is 85.2 Å². The van der Waals surface area contributed by atoms with Gasteiger partial charge in [0.15, 0.2) is 11.6 Å². The van der Waals surface area contributed by atoms with E-state index in [1.165, 1.54) is 91.0 Å². The van der Waals surface area contributed by atoms with Crippen molar-refractivity contribution in [3.8, 4) is 11.5 Å². The minimum atomic E-state index is -2.59. The Balaban J connectivity index is 0.000000320. The Morgan fingerprint density at radius 2 is 1.00 bits per heavy atom. The predicted molar refractivity (Wildman–Crippen MR) is 356 cm³/mol. The van der Waals surface area contributed by atoms with Gasteiger partial charge in [-0.1, -0.05) is 66.7 Å². The summed E-state index contributed by atoms with van der Waals surface area (Å²) in [7, 11) is 2.04. The van der Waals surface area contributed by atoms with Crippen LogP contribution < -0.4 is 154 Å². The molecule has 0 unspecified atom stereocenters. The summed E-state index contributed by atoms with van der Waals surface area (Å²) in [6, 6.07) is 20.8. The molecule has 4 aliphatic rings. The second-order valence-corrected chi connectivity index (χ2v) is 30.1. The number of aromatic nitrogens is 4. The van der Waals surface area contributed by atoms with Gasteiger partial charge < -0.3 is 66.1 Å². The molecule has 0 amide bonds. The largest absolute Gasteiger partial charge is 1.00 e. The van der Waals surface area contributed by atoms with E-state index in [1.54, 1.807) is 69.1 Å². The molecule has 26 nitrogen and oxygen atoms in total. The number of benzene rings is 4. The molecule has 6 aromatic rings. The van der Waals surface area contributed by atoms with Crippen LogP contribution in [0, 0.1) is 26.0 Å².